The molecule has 0 bridgehead atoms. The van der Waals surface area contributed by atoms with Gasteiger partial charge in [-0.3, -0.25) is 0 Å². The summed E-state index contributed by atoms with van der Waals surface area (Å²) in [6.45, 7) is 8.59. The van der Waals surface area contributed by atoms with Crippen LogP contribution >= 0.6 is 36.6 Å². The molecule has 0 aromatic rings. The average Bonchev–Trinajstić information content (AvgIpc) is 2.93. The summed E-state index contributed by atoms with van der Waals surface area (Å²) in [4.78, 5) is 3.30. The summed E-state index contributed by atoms with van der Waals surface area (Å²) >= 11 is 11.1. The molecular formula is C13H25BNS3. The van der Waals surface area contributed by atoms with E-state index in [1.54, 1.807) is 17.3 Å². The van der Waals surface area contributed by atoms with Gasteiger partial charge in [0.15, 0.2) is 0 Å². The number of thiol groups is 1. The zero-order valence-electron chi connectivity index (χ0n) is 12.4. The maximum atomic E-state index is 4.89. The summed E-state index contributed by atoms with van der Waals surface area (Å²) < 4.78 is 0. The molecule has 0 aliphatic carbocycles. The molecule has 0 amide bonds. The van der Waals surface area contributed by atoms with E-state index < -0.39 is 0 Å². The van der Waals surface area contributed by atoms with Crippen LogP contribution in [0.1, 0.15) is 34.1 Å². The Hall–Kier alpha value is 0.395. The van der Waals surface area contributed by atoms with E-state index in [4.69, 9.17) is 12.2 Å². The molecule has 103 valence electrons. The highest BCUT2D eigenvalue weighted by Gasteiger charge is 2.60. The SMILES string of the molecule is CC.CS/C(=C\N(C)C=S)CC1(C)[B]C1(C)CS. The number of allylic oxidation sites excluding steroid dienone is 1. The van der Waals surface area contributed by atoms with Gasteiger partial charge < -0.3 is 4.90 Å². The summed E-state index contributed by atoms with van der Waals surface area (Å²) in [6, 6.07) is 0. The highest BCUT2D eigenvalue weighted by atomic mass is 32.2. The van der Waals surface area contributed by atoms with Crippen molar-refractivity contribution in [1.82, 2.24) is 4.90 Å². The van der Waals surface area contributed by atoms with Crippen molar-refractivity contribution in [3.05, 3.63) is 11.1 Å². The van der Waals surface area contributed by atoms with Gasteiger partial charge in [-0.15, -0.1) is 11.8 Å². The summed E-state index contributed by atoms with van der Waals surface area (Å²) in [6.07, 6.45) is 5.32. The molecule has 2 unspecified atom stereocenters. The zero-order valence-corrected chi connectivity index (χ0v) is 14.9. The highest BCUT2D eigenvalue weighted by molar-refractivity contribution is 8.02. The van der Waals surface area contributed by atoms with Crippen molar-refractivity contribution >= 4 is 49.4 Å². The second-order valence-electron chi connectivity index (χ2n) is 4.88. The van der Waals surface area contributed by atoms with E-state index in [0.29, 0.717) is 10.6 Å². The molecule has 0 N–H and O–H groups in total. The molecule has 1 nitrogen and oxygen atoms in total. The van der Waals surface area contributed by atoms with Gasteiger partial charge in [0, 0.05) is 18.2 Å². The minimum absolute atomic E-state index is 0.293. The maximum absolute atomic E-state index is 4.89. The van der Waals surface area contributed by atoms with Crippen LogP contribution in [0.3, 0.4) is 0 Å². The van der Waals surface area contributed by atoms with Gasteiger partial charge in [0.25, 0.3) is 0 Å². The maximum Gasteiger partial charge on any atom is 0.126 e. The molecule has 0 aromatic carbocycles. The Morgan fingerprint density at radius 3 is 2.28 bits per heavy atom. The van der Waals surface area contributed by atoms with Crippen molar-refractivity contribution < 1.29 is 0 Å². The number of hydrogen-bond donors (Lipinski definition) is 1. The predicted molar refractivity (Wildman–Crippen MR) is 95.3 cm³/mol. The molecule has 2 atom stereocenters. The van der Waals surface area contributed by atoms with Crippen molar-refractivity contribution in [1.29, 1.82) is 0 Å². The Morgan fingerprint density at radius 1 is 1.39 bits per heavy atom. The first-order valence-electron chi connectivity index (χ1n) is 6.30. The Morgan fingerprint density at radius 2 is 1.94 bits per heavy atom. The van der Waals surface area contributed by atoms with Crippen LogP contribution in [0.15, 0.2) is 11.1 Å². The molecule has 18 heavy (non-hydrogen) atoms. The quantitative estimate of drug-likeness (QED) is 0.437. The lowest BCUT2D eigenvalue weighted by Gasteiger charge is -2.20. The van der Waals surface area contributed by atoms with Gasteiger partial charge in [0.2, 0.25) is 0 Å². The van der Waals surface area contributed by atoms with Crippen LogP contribution in [0.25, 0.3) is 0 Å². The molecular weight excluding hydrogens is 277 g/mol. The van der Waals surface area contributed by atoms with Crippen LogP contribution in [-0.2, 0) is 0 Å². The van der Waals surface area contributed by atoms with Crippen molar-refractivity contribution in [2.45, 2.75) is 44.7 Å². The Labute approximate surface area is 129 Å². The Bertz CT molecular complexity index is 309. The Balaban J connectivity index is 0.00000137. The van der Waals surface area contributed by atoms with E-state index in [2.05, 4.69) is 46.2 Å². The fourth-order valence-electron chi connectivity index (χ4n) is 1.94. The molecule has 1 heterocycles. The third-order valence-electron chi connectivity index (χ3n) is 3.50. The van der Waals surface area contributed by atoms with Gasteiger partial charge in [-0.2, -0.15) is 12.6 Å². The van der Waals surface area contributed by atoms with Crippen LogP contribution in [-0.4, -0.2) is 36.7 Å². The topological polar surface area (TPSA) is 3.24 Å². The second-order valence-corrected chi connectivity index (χ2v) is 6.34. The number of rotatable bonds is 6. The minimum atomic E-state index is 0.293. The van der Waals surface area contributed by atoms with E-state index in [0.717, 1.165) is 12.2 Å². The second kappa shape index (κ2) is 7.86. The summed E-state index contributed by atoms with van der Waals surface area (Å²) in [7, 11) is 4.38. The normalized spacial score (nSPS) is 29.8. The van der Waals surface area contributed by atoms with E-state index in [1.807, 2.05) is 25.8 Å². The fourth-order valence-corrected chi connectivity index (χ4v) is 3.17. The first-order valence-corrected chi connectivity index (χ1v) is 8.63. The standard InChI is InChI=1S/C11H19BNS3.C2H6/c1-10(11(2,7-14)12-10)5-9(16-4)6-13(3)8-15;1-2/h6,8,14H,5,7H2,1-4H3;1-2H3/b9-6-;. The van der Waals surface area contributed by atoms with E-state index in [9.17, 15) is 0 Å². The van der Waals surface area contributed by atoms with Gasteiger partial charge >= 0.3 is 0 Å². The van der Waals surface area contributed by atoms with E-state index >= 15 is 0 Å². The zero-order chi connectivity index (χ0) is 14.4. The number of thiocarbonyl (C=S) groups is 1. The van der Waals surface area contributed by atoms with E-state index in [1.165, 1.54) is 4.91 Å². The van der Waals surface area contributed by atoms with Crippen LogP contribution < -0.4 is 0 Å². The molecule has 0 spiro atoms. The first kappa shape index (κ1) is 18.4. The monoisotopic (exact) mass is 302 g/mol. The van der Waals surface area contributed by atoms with Gasteiger partial charge in [0.1, 0.15) is 7.28 Å². The van der Waals surface area contributed by atoms with Gasteiger partial charge in [-0.05, 0) is 18.4 Å². The lowest BCUT2D eigenvalue weighted by molar-refractivity contribution is 0.586. The van der Waals surface area contributed by atoms with Gasteiger partial charge in [-0.25, -0.2) is 0 Å². The molecule has 1 radical (unpaired) electrons. The molecule has 1 aliphatic heterocycles. The lowest BCUT2D eigenvalue weighted by Crippen LogP contribution is -2.07. The van der Waals surface area contributed by atoms with Crippen molar-refractivity contribution in [2.24, 2.45) is 0 Å². The van der Waals surface area contributed by atoms with Crippen LogP contribution in [0.4, 0.5) is 0 Å². The summed E-state index contributed by atoms with van der Waals surface area (Å²) in [5.41, 5.74) is 1.66. The molecule has 0 aromatic heterocycles. The molecule has 1 rings (SSSR count). The number of thioether (sulfide) groups is 1. The number of nitrogens with zero attached hydrogens (tertiary/aromatic N) is 1. The molecule has 1 saturated heterocycles. The van der Waals surface area contributed by atoms with Gasteiger partial charge in [0.05, 0.1) is 5.49 Å². The largest absolute Gasteiger partial charge is 0.347 e. The van der Waals surface area contributed by atoms with Crippen molar-refractivity contribution in [3.63, 3.8) is 0 Å². The molecule has 0 saturated carbocycles. The van der Waals surface area contributed by atoms with Crippen LogP contribution in [0.2, 0.25) is 10.6 Å². The average molecular weight is 302 g/mol. The molecule has 1 aliphatic rings. The first-order chi connectivity index (χ1) is 8.40. The van der Waals surface area contributed by atoms with Gasteiger partial charge in [-0.1, -0.05) is 50.5 Å². The molecule has 1 fully saturated rings. The van der Waals surface area contributed by atoms with E-state index in [-0.39, 0.29) is 0 Å². The van der Waals surface area contributed by atoms with Crippen molar-refractivity contribution in [2.75, 3.05) is 19.1 Å². The minimum Gasteiger partial charge on any atom is -0.347 e. The third-order valence-corrected chi connectivity index (χ3v) is 5.27. The lowest BCUT2D eigenvalue weighted by atomic mass is 9.86. The highest BCUT2D eigenvalue weighted by Crippen LogP contribution is 2.71. The predicted octanol–water partition coefficient (Wildman–Crippen LogP) is 4.50. The fraction of sp³-hybridized carbons (Fsp3) is 0.769. The smallest absolute Gasteiger partial charge is 0.126 e. The molecule has 5 heteroatoms. The number of hydrogen-bond acceptors (Lipinski definition) is 3. The van der Waals surface area contributed by atoms with Crippen LogP contribution in [0.5, 0.6) is 0 Å². The third kappa shape index (κ3) is 4.50. The van der Waals surface area contributed by atoms with Crippen molar-refractivity contribution in [3.8, 4) is 0 Å². The summed E-state index contributed by atoms with van der Waals surface area (Å²) in [5.74, 6) is 0.925. The summed E-state index contributed by atoms with van der Waals surface area (Å²) in [5, 5.41) is 0.590. The Kier molecular flexibility index (Phi) is 8.03. The van der Waals surface area contributed by atoms with Crippen LogP contribution in [0, 0.1) is 0 Å².